The minimum absolute atomic E-state index is 0.241. The highest BCUT2D eigenvalue weighted by molar-refractivity contribution is 5.46. The lowest BCUT2D eigenvalue weighted by molar-refractivity contribution is 0.0738. The average Bonchev–Trinajstić information content (AvgIpc) is 2.50. The first-order chi connectivity index (χ1) is 10.2. The van der Waals surface area contributed by atoms with Crippen LogP contribution in [0.5, 0.6) is 11.5 Å². The van der Waals surface area contributed by atoms with Gasteiger partial charge in [-0.1, -0.05) is 12.1 Å². The molecule has 0 unspecified atom stereocenters. The van der Waals surface area contributed by atoms with Crippen LogP contribution in [0.1, 0.15) is 12.0 Å². The van der Waals surface area contributed by atoms with Gasteiger partial charge in [-0.2, -0.15) is 0 Å². The van der Waals surface area contributed by atoms with Gasteiger partial charge in [0, 0.05) is 44.4 Å². The second kappa shape index (κ2) is 7.64. The molecule has 0 aliphatic carbocycles. The van der Waals surface area contributed by atoms with Gasteiger partial charge in [0.25, 0.3) is 0 Å². The monoisotopic (exact) mass is 294 g/mol. The molecule has 21 heavy (non-hydrogen) atoms. The standard InChI is InChI=1S/C16H26N2O3/c1-17-8-9-18(12-14(17)7-10-19)11-13-5-4-6-15(20-2)16(13)21-3/h4-6,14,19H,7-12H2,1-3H3/t14-/m1/s1. The largest absolute Gasteiger partial charge is 0.493 e. The Bertz CT molecular complexity index is 453. The number of hydrogen-bond acceptors (Lipinski definition) is 5. The maximum Gasteiger partial charge on any atom is 0.165 e. The van der Waals surface area contributed by atoms with Crippen molar-refractivity contribution in [3.05, 3.63) is 23.8 Å². The molecule has 1 heterocycles. The highest BCUT2D eigenvalue weighted by atomic mass is 16.5. The van der Waals surface area contributed by atoms with Gasteiger partial charge in [0.2, 0.25) is 0 Å². The minimum Gasteiger partial charge on any atom is -0.493 e. The average molecular weight is 294 g/mol. The predicted molar refractivity (Wildman–Crippen MR) is 82.9 cm³/mol. The number of ether oxygens (including phenoxy) is 2. The number of aliphatic hydroxyl groups excluding tert-OH is 1. The zero-order valence-electron chi connectivity index (χ0n) is 13.2. The quantitative estimate of drug-likeness (QED) is 0.854. The van der Waals surface area contributed by atoms with E-state index in [0.717, 1.165) is 49.7 Å². The summed E-state index contributed by atoms with van der Waals surface area (Å²) in [7, 11) is 5.47. The van der Waals surface area contributed by atoms with Crippen LogP contribution in [0.25, 0.3) is 0 Å². The first-order valence-electron chi connectivity index (χ1n) is 7.43. The topological polar surface area (TPSA) is 45.2 Å². The molecule has 0 bridgehead atoms. The molecular weight excluding hydrogens is 268 g/mol. The third-order valence-corrected chi connectivity index (χ3v) is 4.20. The van der Waals surface area contributed by atoms with Crippen LogP contribution < -0.4 is 9.47 Å². The summed E-state index contributed by atoms with van der Waals surface area (Å²) in [5.41, 5.74) is 1.14. The zero-order valence-corrected chi connectivity index (χ0v) is 13.2. The van der Waals surface area contributed by atoms with Crippen molar-refractivity contribution in [2.45, 2.75) is 19.0 Å². The van der Waals surface area contributed by atoms with Gasteiger partial charge in [-0.25, -0.2) is 0 Å². The molecule has 5 heteroatoms. The number of benzene rings is 1. The summed E-state index contributed by atoms with van der Waals surface area (Å²) in [6, 6.07) is 6.42. The van der Waals surface area contributed by atoms with Crippen LogP contribution in [0, 0.1) is 0 Å². The second-order valence-corrected chi connectivity index (χ2v) is 5.53. The summed E-state index contributed by atoms with van der Waals surface area (Å²) in [5, 5.41) is 9.18. The predicted octanol–water partition coefficient (Wildman–Crippen LogP) is 1.20. The third-order valence-electron chi connectivity index (χ3n) is 4.20. The molecule has 0 saturated carbocycles. The number of rotatable bonds is 6. The van der Waals surface area contributed by atoms with E-state index in [1.807, 2.05) is 12.1 Å². The SMILES string of the molecule is COc1cccc(CN2CCN(C)[C@H](CCO)C2)c1OC. The minimum atomic E-state index is 0.241. The molecule has 5 nitrogen and oxygen atoms in total. The number of piperazine rings is 1. The molecule has 118 valence electrons. The summed E-state index contributed by atoms with van der Waals surface area (Å²) in [6.45, 7) is 4.11. The first kappa shape index (κ1) is 16.1. The number of likely N-dealkylation sites (N-methyl/N-ethyl adjacent to an activating group) is 1. The molecule has 1 aromatic carbocycles. The van der Waals surface area contributed by atoms with Crippen LogP contribution in [-0.2, 0) is 6.54 Å². The van der Waals surface area contributed by atoms with E-state index in [-0.39, 0.29) is 6.61 Å². The molecule has 0 radical (unpaired) electrons. The van der Waals surface area contributed by atoms with Crippen molar-refractivity contribution < 1.29 is 14.6 Å². The van der Waals surface area contributed by atoms with Crippen molar-refractivity contribution >= 4 is 0 Å². The Morgan fingerprint density at radius 1 is 1.24 bits per heavy atom. The molecule has 0 aromatic heterocycles. The number of para-hydroxylation sites is 1. The van der Waals surface area contributed by atoms with Crippen LogP contribution in [0.15, 0.2) is 18.2 Å². The number of aliphatic hydroxyl groups is 1. The Balaban J connectivity index is 2.08. The summed E-state index contributed by atoms with van der Waals surface area (Å²) in [4.78, 5) is 4.74. The summed E-state index contributed by atoms with van der Waals surface area (Å²) in [6.07, 6.45) is 0.822. The zero-order chi connectivity index (χ0) is 15.2. The Labute approximate surface area is 127 Å². The Morgan fingerprint density at radius 2 is 2.05 bits per heavy atom. The number of hydrogen-bond donors (Lipinski definition) is 1. The Morgan fingerprint density at radius 3 is 2.71 bits per heavy atom. The number of methoxy groups -OCH3 is 2. The summed E-state index contributed by atoms with van der Waals surface area (Å²) >= 11 is 0. The molecule has 1 saturated heterocycles. The van der Waals surface area contributed by atoms with Gasteiger partial charge < -0.3 is 19.5 Å². The van der Waals surface area contributed by atoms with Crippen LogP contribution in [0.3, 0.4) is 0 Å². The van der Waals surface area contributed by atoms with Gasteiger partial charge in [0.1, 0.15) is 0 Å². The fourth-order valence-corrected chi connectivity index (χ4v) is 2.93. The van der Waals surface area contributed by atoms with Gasteiger partial charge in [0.05, 0.1) is 14.2 Å². The molecule has 0 amide bonds. The first-order valence-corrected chi connectivity index (χ1v) is 7.43. The van der Waals surface area contributed by atoms with Crippen molar-refractivity contribution in [3.8, 4) is 11.5 Å². The summed E-state index contributed by atoms with van der Waals surface area (Å²) < 4.78 is 10.9. The molecule has 1 fully saturated rings. The van der Waals surface area contributed by atoms with Gasteiger partial charge in [-0.05, 0) is 19.5 Å². The van der Waals surface area contributed by atoms with Crippen molar-refractivity contribution in [1.29, 1.82) is 0 Å². The fourth-order valence-electron chi connectivity index (χ4n) is 2.93. The van der Waals surface area contributed by atoms with Crippen molar-refractivity contribution in [2.75, 3.05) is 47.5 Å². The van der Waals surface area contributed by atoms with Crippen LogP contribution in [0.2, 0.25) is 0 Å². The molecule has 1 aromatic rings. The van der Waals surface area contributed by atoms with E-state index in [1.165, 1.54) is 0 Å². The molecule has 1 aliphatic rings. The van der Waals surface area contributed by atoms with E-state index in [0.29, 0.717) is 6.04 Å². The highest BCUT2D eigenvalue weighted by Gasteiger charge is 2.24. The van der Waals surface area contributed by atoms with E-state index >= 15 is 0 Å². The lowest BCUT2D eigenvalue weighted by Gasteiger charge is -2.39. The van der Waals surface area contributed by atoms with Crippen molar-refractivity contribution in [2.24, 2.45) is 0 Å². The van der Waals surface area contributed by atoms with Crippen molar-refractivity contribution in [3.63, 3.8) is 0 Å². The van der Waals surface area contributed by atoms with Crippen molar-refractivity contribution in [1.82, 2.24) is 9.80 Å². The molecule has 1 aliphatic heterocycles. The van der Waals surface area contributed by atoms with E-state index < -0.39 is 0 Å². The Hall–Kier alpha value is -1.30. The van der Waals surface area contributed by atoms with Crippen LogP contribution >= 0.6 is 0 Å². The maximum atomic E-state index is 9.18. The van der Waals surface area contributed by atoms with Crippen LogP contribution in [-0.4, -0.2) is 68.5 Å². The highest BCUT2D eigenvalue weighted by Crippen LogP contribution is 2.31. The number of nitrogens with zero attached hydrogens (tertiary/aromatic N) is 2. The summed E-state index contributed by atoms with van der Waals surface area (Å²) in [5.74, 6) is 1.59. The van der Waals surface area contributed by atoms with E-state index in [9.17, 15) is 5.11 Å². The van der Waals surface area contributed by atoms with E-state index in [1.54, 1.807) is 14.2 Å². The van der Waals surface area contributed by atoms with Gasteiger partial charge in [0.15, 0.2) is 11.5 Å². The second-order valence-electron chi connectivity index (χ2n) is 5.53. The lowest BCUT2D eigenvalue weighted by atomic mass is 10.1. The third kappa shape index (κ3) is 3.87. The fraction of sp³-hybridized carbons (Fsp3) is 0.625. The molecule has 1 atom stereocenters. The van der Waals surface area contributed by atoms with E-state index in [2.05, 4.69) is 22.9 Å². The normalized spacial score (nSPS) is 20.5. The van der Waals surface area contributed by atoms with Crippen LogP contribution in [0.4, 0.5) is 0 Å². The Kier molecular flexibility index (Phi) is 5.85. The maximum absolute atomic E-state index is 9.18. The molecule has 1 N–H and O–H groups in total. The smallest absolute Gasteiger partial charge is 0.165 e. The van der Waals surface area contributed by atoms with Gasteiger partial charge in [-0.15, -0.1) is 0 Å². The van der Waals surface area contributed by atoms with E-state index in [4.69, 9.17) is 9.47 Å². The lowest BCUT2D eigenvalue weighted by Crippen LogP contribution is -2.51. The molecular formula is C16H26N2O3. The molecule has 2 rings (SSSR count). The molecule has 0 spiro atoms. The van der Waals surface area contributed by atoms with Gasteiger partial charge in [-0.3, -0.25) is 4.90 Å². The van der Waals surface area contributed by atoms with Gasteiger partial charge >= 0.3 is 0 Å².